The highest BCUT2D eigenvalue weighted by Crippen LogP contribution is 2.43. The fourth-order valence-electron chi connectivity index (χ4n) is 4.98. The topological polar surface area (TPSA) is 110 Å². The SMILES string of the molecule is CC[C@@H]1CCN(c2ccc3c(=O)c(C(=O)O)cn(C4CC4)c3c2OC)C[C@H]1NC(=O)OC(C)(C)C. The molecule has 1 aliphatic heterocycles. The lowest BCUT2D eigenvalue weighted by molar-refractivity contribution is 0.0478. The Labute approximate surface area is 205 Å². The number of piperidine rings is 1. The van der Waals surface area contributed by atoms with Gasteiger partial charge in [-0.2, -0.15) is 0 Å². The van der Waals surface area contributed by atoms with Crippen LogP contribution in [0.15, 0.2) is 23.1 Å². The van der Waals surface area contributed by atoms with E-state index in [1.807, 2.05) is 31.4 Å². The molecular formula is C26H35N3O6. The summed E-state index contributed by atoms with van der Waals surface area (Å²) in [5.41, 5.74) is 0.121. The van der Waals surface area contributed by atoms with Crippen LogP contribution in [0.4, 0.5) is 10.5 Å². The highest BCUT2D eigenvalue weighted by Gasteiger charge is 2.34. The largest absolute Gasteiger partial charge is 0.492 e. The van der Waals surface area contributed by atoms with E-state index in [0.717, 1.165) is 37.9 Å². The first kappa shape index (κ1) is 24.9. The molecule has 0 unspecified atom stereocenters. The minimum atomic E-state index is -1.23. The zero-order valence-corrected chi connectivity index (χ0v) is 21.1. The molecule has 190 valence electrons. The number of methoxy groups -OCH3 is 1. The van der Waals surface area contributed by atoms with E-state index < -0.39 is 23.1 Å². The predicted molar refractivity (Wildman–Crippen MR) is 134 cm³/mol. The van der Waals surface area contributed by atoms with Crippen LogP contribution in [0.3, 0.4) is 0 Å². The van der Waals surface area contributed by atoms with E-state index >= 15 is 0 Å². The number of ether oxygens (including phenoxy) is 2. The monoisotopic (exact) mass is 485 g/mol. The van der Waals surface area contributed by atoms with Crippen molar-refractivity contribution in [3.63, 3.8) is 0 Å². The van der Waals surface area contributed by atoms with Crippen LogP contribution in [0.1, 0.15) is 69.8 Å². The maximum absolute atomic E-state index is 13.0. The number of carboxylic acid groups (broad SMARTS) is 1. The Morgan fingerprint density at radius 3 is 2.49 bits per heavy atom. The summed E-state index contributed by atoms with van der Waals surface area (Å²) in [6.45, 7) is 8.98. The average molecular weight is 486 g/mol. The fraction of sp³-hybridized carbons (Fsp3) is 0.577. The van der Waals surface area contributed by atoms with E-state index in [0.29, 0.717) is 29.1 Å². The molecular weight excluding hydrogens is 450 g/mol. The Hall–Kier alpha value is -3.23. The first-order valence-electron chi connectivity index (χ1n) is 12.3. The van der Waals surface area contributed by atoms with Crippen LogP contribution in [-0.4, -0.2) is 53.6 Å². The number of hydrogen-bond acceptors (Lipinski definition) is 6. The summed E-state index contributed by atoms with van der Waals surface area (Å²) < 4.78 is 13.2. The molecule has 35 heavy (non-hydrogen) atoms. The Bertz CT molecular complexity index is 1190. The van der Waals surface area contributed by atoms with Crippen LogP contribution >= 0.6 is 0 Å². The Balaban J connectivity index is 1.73. The van der Waals surface area contributed by atoms with Gasteiger partial charge in [0.15, 0.2) is 5.75 Å². The number of alkyl carbamates (subject to hydrolysis) is 1. The average Bonchev–Trinajstić information content (AvgIpc) is 3.62. The first-order valence-corrected chi connectivity index (χ1v) is 12.3. The number of hydrogen-bond donors (Lipinski definition) is 2. The number of nitrogens with one attached hydrogen (secondary N) is 1. The molecule has 1 amide bonds. The fourth-order valence-corrected chi connectivity index (χ4v) is 4.98. The Kier molecular flexibility index (Phi) is 6.71. The predicted octanol–water partition coefficient (Wildman–Crippen LogP) is 4.17. The smallest absolute Gasteiger partial charge is 0.407 e. The van der Waals surface area contributed by atoms with Crippen LogP contribution in [0.25, 0.3) is 10.9 Å². The molecule has 2 fully saturated rings. The van der Waals surface area contributed by atoms with Gasteiger partial charge < -0.3 is 29.4 Å². The highest BCUT2D eigenvalue weighted by atomic mass is 16.6. The summed E-state index contributed by atoms with van der Waals surface area (Å²) in [7, 11) is 1.57. The van der Waals surface area contributed by atoms with Crippen molar-refractivity contribution in [1.29, 1.82) is 0 Å². The molecule has 1 aromatic heterocycles. The Morgan fingerprint density at radius 1 is 1.20 bits per heavy atom. The van der Waals surface area contributed by atoms with Crippen molar-refractivity contribution in [1.82, 2.24) is 9.88 Å². The number of benzene rings is 1. The van der Waals surface area contributed by atoms with Gasteiger partial charge in [-0.3, -0.25) is 4.79 Å². The number of aromatic carboxylic acids is 1. The van der Waals surface area contributed by atoms with Crippen molar-refractivity contribution in [3.8, 4) is 5.75 Å². The van der Waals surface area contributed by atoms with Gasteiger partial charge in [0.25, 0.3) is 0 Å². The highest BCUT2D eigenvalue weighted by molar-refractivity contribution is 5.97. The van der Waals surface area contributed by atoms with Crippen molar-refractivity contribution < 1.29 is 24.2 Å². The third-order valence-corrected chi connectivity index (χ3v) is 6.82. The van der Waals surface area contributed by atoms with Crippen LogP contribution in [0.2, 0.25) is 0 Å². The molecule has 1 aromatic carbocycles. The van der Waals surface area contributed by atoms with E-state index in [1.54, 1.807) is 13.2 Å². The normalized spacial score (nSPS) is 20.5. The molecule has 4 rings (SSSR count). The molecule has 2 N–H and O–H groups in total. The number of carbonyl (C=O) groups is 2. The minimum absolute atomic E-state index is 0.107. The lowest BCUT2D eigenvalue weighted by Crippen LogP contribution is -2.53. The van der Waals surface area contributed by atoms with Gasteiger partial charge in [0.05, 0.1) is 29.7 Å². The van der Waals surface area contributed by atoms with Gasteiger partial charge in [-0.15, -0.1) is 0 Å². The number of rotatable bonds is 6. The third kappa shape index (κ3) is 5.09. The van der Waals surface area contributed by atoms with Crippen LogP contribution < -0.4 is 20.4 Å². The summed E-state index contributed by atoms with van der Waals surface area (Å²) in [6.07, 6.45) is 4.68. The lowest BCUT2D eigenvalue weighted by Gasteiger charge is -2.40. The number of pyridine rings is 1. The summed E-state index contributed by atoms with van der Waals surface area (Å²) >= 11 is 0. The molecule has 2 aromatic rings. The van der Waals surface area contributed by atoms with E-state index in [1.165, 1.54) is 6.20 Å². The molecule has 0 bridgehead atoms. The molecule has 2 aliphatic rings. The number of nitrogens with zero attached hydrogens (tertiary/aromatic N) is 2. The quantitative estimate of drug-likeness (QED) is 0.632. The lowest BCUT2D eigenvalue weighted by atomic mass is 9.89. The number of carbonyl (C=O) groups excluding carboxylic acids is 1. The second-order valence-electron chi connectivity index (χ2n) is 10.5. The van der Waals surface area contributed by atoms with Gasteiger partial charge in [-0.1, -0.05) is 13.3 Å². The third-order valence-electron chi connectivity index (χ3n) is 6.82. The summed E-state index contributed by atoms with van der Waals surface area (Å²) in [5, 5.41) is 13.0. The van der Waals surface area contributed by atoms with Gasteiger partial charge in [0.1, 0.15) is 11.2 Å². The maximum Gasteiger partial charge on any atom is 0.407 e. The van der Waals surface area contributed by atoms with Crippen molar-refractivity contribution in [2.75, 3.05) is 25.1 Å². The van der Waals surface area contributed by atoms with Gasteiger partial charge in [-0.05, 0) is 58.1 Å². The zero-order valence-electron chi connectivity index (χ0n) is 21.1. The van der Waals surface area contributed by atoms with Crippen molar-refractivity contribution in [3.05, 3.63) is 34.1 Å². The van der Waals surface area contributed by atoms with Crippen molar-refractivity contribution in [2.24, 2.45) is 5.92 Å². The van der Waals surface area contributed by atoms with Crippen molar-refractivity contribution in [2.45, 2.75) is 71.1 Å². The van der Waals surface area contributed by atoms with Gasteiger partial charge in [0, 0.05) is 25.3 Å². The standard InChI is InChI=1S/C26H35N3O6/c1-6-15-11-12-28(14-19(15)27-25(33)35-26(2,3)4)20-10-9-17-21(23(20)34-5)29(16-7-8-16)13-18(22(17)30)24(31)32/h9-10,13,15-16,19H,6-8,11-12,14H2,1-5H3,(H,27,33)(H,31,32)/t15-,19-/m1/s1. The molecule has 0 spiro atoms. The molecule has 9 heteroatoms. The van der Waals surface area contributed by atoms with Gasteiger partial charge >= 0.3 is 12.1 Å². The summed E-state index contributed by atoms with van der Waals surface area (Å²) in [4.78, 5) is 39.4. The molecule has 1 aliphatic carbocycles. The van der Waals surface area contributed by atoms with E-state index in [9.17, 15) is 19.5 Å². The van der Waals surface area contributed by atoms with Crippen molar-refractivity contribution >= 4 is 28.7 Å². The number of fused-ring (bicyclic) bond motifs is 1. The van der Waals surface area contributed by atoms with E-state index in [-0.39, 0.29) is 17.6 Å². The molecule has 2 heterocycles. The number of carboxylic acids is 1. The second-order valence-corrected chi connectivity index (χ2v) is 10.5. The number of amides is 1. The van der Waals surface area contributed by atoms with E-state index in [2.05, 4.69) is 17.1 Å². The summed E-state index contributed by atoms with van der Waals surface area (Å²) in [5.74, 6) is -0.366. The maximum atomic E-state index is 13.0. The number of aromatic nitrogens is 1. The summed E-state index contributed by atoms with van der Waals surface area (Å²) in [6, 6.07) is 3.56. The molecule has 1 saturated heterocycles. The second kappa shape index (κ2) is 9.43. The van der Waals surface area contributed by atoms with Crippen LogP contribution in [0, 0.1) is 5.92 Å². The molecule has 1 saturated carbocycles. The minimum Gasteiger partial charge on any atom is -0.492 e. The zero-order chi connectivity index (χ0) is 25.5. The Morgan fingerprint density at radius 2 is 1.91 bits per heavy atom. The first-order chi connectivity index (χ1) is 16.5. The molecule has 9 nitrogen and oxygen atoms in total. The molecule has 0 radical (unpaired) electrons. The van der Waals surface area contributed by atoms with Gasteiger partial charge in [-0.25, -0.2) is 9.59 Å². The van der Waals surface area contributed by atoms with E-state index in [4.69, 9.17) is 9.47 Å². The van der Waals surface area contributed by atoms with Crippen LogP contribution in [-0.2, 0) is 4.74 Å². The van der Waals surface area contributed by atoms with Crippen LogP contribution in [0.5, 0.6) is 5.75 Å². The van der Waals surface area contributed by atoms with Gasteiger partial charge in [0.2, 0.25) is 5.43 Å². The molecule has 2 atom stereocenters. The number of anilines is 1.